The molecular weight excluding hydrogens is 284 g/mol. The van der Waals surface area contributed by atoms with Gasteiger partial charge in [0.25, 0.3) is 0 Å². The van der Waals surface area contributed by atoms with Crippen LogP contribution in [0.15, 0.2) is 23.0 Å². The van der Waals surface area contributed by atoms with Gasteiger partial charge in [0, 0.05) is 11.7 Å². The average molecular weight is 304 g/mol. The molecule has 1 aliphatic carbocycles. The number of hydrogen-bond acceptors (Lipinski definition) is 2. The summed E-state index contributed by atoms with van der Waals surface area (Å²) in [4.78, 5) is 16.7. The lowest BCUT2D eigenvalue weighted by molar-refractivity contribution is 0.309. The molecular formula is C15H20N4OS. The summed E-state index contributed by atoms with van der Waals surface area (Å²) >= 11 is 5.40. The summed E-state index contributed by atoms with van der Waals surface area (Å²) in [7, 11) is 0. The third-order valence-electron chi connectivity index (χ3n) is 4.20. The maximum absolute atomic E-state index is 11.3. The van der Waals surface area contributed by atoms with Crippen molar-refractivity contribution >= 4 is 34.1 Å². The van der Waals surface area contributed by atoms with Gasteiger partial charge in [-0.25, -0.2) is 4.79 Å². The largest absolute Gasteiger partial charge is 0.359 e. The summed E-state index contributed by atoms with van der Waals surface area (Å²) in [5.41, 5.74) is 2.25. The second-order valence-corrected chi connectivity index (χ2v) is 6.21. The lowest BCUT2D eigenvalue weighted by Gasteiger charge is -2.30. The van der Waals surface area contributed by atoms with Crippen molar-refractivity contribution in [1.29, 1.82) is 0 Å². The van der Waals surface area contributed by atoms with E-state index < -0.39 is 0 Å². The highest BCUT2D eigenvalue weighted by Crippen LogP contribution is 2.24. The number of H-pyrrole nitrogens is 2. The molecule has 3 rings (SSSR count). The molecule has 2 atom stereocenters. The number of aromatic nitrogens is 2. The molecule has 0 aliphatic heterocycles. The van der Waals surface area contributed by atoms with E-state index in [1.807, 2.05) is 18.2 Å². The molecule has 1 fully saturated rings. The highest BCUT2D eigenvalue weighted by Gasteiger charge is 2.21. The predicted octanol–water partition coefficient (Wildman–Crippen LogP) is 2.72. The lowest BCUT2D eigenvalue weighted by Crippen LogP contribution is -2.43. The van der Waals surface area contributed by atoms with Crippen LogP contribution in [0.2, 0.25) is 0 Å². The van der Waals surface area contributed by atoms with E-state index in [2.05, 4.69) is 27.5 Å². The smallest absolute Gasteiger partial charge is 0.323 e. The Hall–Kier alpha value is -1.82. The molecule has 1 saturated carbocycles. The van der Waals surface area contributed by atoms with Gasteiger partial charge in [-0.05, 0) is 49.2 Å². The Bertz CT molecular complexity index is 705. The predicted molar refractivity (Wildman–Crippen MR) is 89.7 cm³/mol. The first-order chi connectivity index (χ1) is 10.1. The Kier molecular flexibility index (Phi) is 3.96. The zero-order valence-electron chi connectivity index (χ0n) is 12.0. The first-order valence-electron chi connectivity index (χ1n) is 7.41. The van der Waals surface area contributed by atoms with Crippen LogP contribution in [-0.2, 0) is 0 Å². The van der Waals surface area contributed by atoms with Crippen LogP contribution in [0, 0.1) is 5.92 Å². The maximum atomic E-state index is 11.3. The van der Waals surface area contributed by atoms with Crippen molar-refractivity contribution in [2.45, 2.75) is 38.6 Å². The average Bonchev–Trinajstić information content (AvgIpc) is 2.80. The number of benzene rings is 1. The Morgan fingerprint density at radius 3 is 2.81 bits per heavy atom. The van der Waals surface area contributed by atoms with E-state index in [1.165, 1.54) is 25.7 Å². The van der Waals surface area contributed by atoms with Crippen LogP contribution >= 0.6 is 12.2 Å². The minimum absolute atomic E-state index is 0.195. The first kappa shape index (κ1) is 14.1. The number of thiocarbonyl (C=S) groups is 1. The standard InChI is InChI=1S/C15H20N4OS/c1-9-4-2-3-5-11(9)19-15(21)16-10-6-7-12-13(8-10)18-14(20)17-12/h6-9,11H,2-5H2,1H3,(H2,16,19,21)(H2,17,18,20)/t9-,11-/m0/s1. The molecule has 1 heterocycles. The van der Waals surface area contributed by atoms with Crippen molar-refractivity contribution in [2.75, 3.05) is 5.32 Å². The van der Waals surface area contributed by atoms with E-state index in [0.717, 1.165) is 16.7 Å². The molecule has 0 spiro atoms. The Morgan fingerprint density at radius 1 is 1.24 bits per heavy atom. The molecule has 112 valence electrons. The molecule has 0 unspecified atom stereocenters. The Balaban J connectivity index is 1.66. The van der Waals surface area contributed by atoms with E-state index in [1.54, 1.807) is 0 Å². The fourth-order valence-corrected chi connectivity index (χ4v) is 3.25. The monoisotopic (exact) mass is 304 g/mol. The lowest BCUT2D eigenvalue weighted by atomic mass is 9.86. The van der Waals surface area contributed by atoms with Crippen LogP contribution in [0.1, 0.15) is 32.6 Å². The summed E-state index contributed by atoms with van der Waals surface area (Å²) in [6, 6.07) is 6.10. The topological polar surface area (TPSA) is 72.7 Å². The molecule has 1 aromatic heterocycles. The van der Waals surface area contributed by atoms with Crippen LogP contribution < -0.4 is 16.3 Å². The van der Waals surface area contributed by atoms with Crippen LogP contribution in [0.3, 0.4) is 0 Å². The zero-order valence-corrected chi connectivity index (χ0v) is 12.8. The van der Waals surface area contributed by atoms with E-state index in [4.69, 9.17) is 12.2 Å². The summed E-state index contributed by atoms with van der Waals surface area (Å²) in [6.07, 6.45) is 5.02. The normalized spacial score (nSPS) is 22.1. The summed E-state index contributed by atoms with van der Waals surface area (Å²) in [5, 5.41) is 7.25. The number of imidazole rings is 1. The van der Waals surface area contributed by atoms with Gasteiger partial charge in [0.1, 0.15) is 0 Å². The van der Waals surface area contributed by atoms with Crippen molar-refractivity contribution in [3.05, 3.63) is 28.7 Å². The number of hydrogen-bond donors (Lipinski definition) is 4. The maximum Gasteiger partial charge on any atom is 0.323 e. The molecule has 4 N–H and O–H groups in total. The molecule has 0 bridgehead atoms. The highest BCUT2D eigenvalue weighted by atomic mass is 32.1. The van der Waals surface area contributed by atoms with Gasteiger partial charge >= 0.3 is 5.69 Å². The third-order valence-corrected chi connectivity index (χ3v) is 4.42. The van der Waals surface area contributed by atoms with Gasteiger partial charge in [-0.3, -0.25) is 0 Å². The minimum atomic E-state index is -0.195. The van der Waals surface area contributed by atoms with Crippen molar-refractivity contribution in [2.24, 2.45) is 5.92 Å². The SMILES string of the molecule is C[C@H]1CCCC[C@@H]1NC(=S)Nc1ccc2[nH]c(=O)[nH]c2c1. The first-order valence-corrected chi connectivity index (χ1v) is 7.82. The van der Waals surface area contributed by atoms with Crippen molar-refractivity contribution < 1.29 is 0 Å². The summed E-state index contributed by atoms with van der Waals surface area (Å²) in [6.45, 7) is 2.27. The molecule has 21 heavy (non-hydrogen) atoms. The van der Waals surface area contributed by atoms with E-state index in [-0.39, 0.29) is 5.69 Å². The number of nitrogens with one attached hydrogen (secondary N) is 4. The molecule has 2 aromatic rings. The Morgan fingerprint density at radius 2 is 2.00 bits per heavy atom. The number of fused-ring (bicyclic) bond motifs is 1. The van der Waals surface area contributed by atoms with E-state index in [9.17, 15) is 4.79 Å². The van der Waals surface area contributed by atoms with Gasteiger partial charge in [-0.1, -0.05) is 19.8 Å². The van der Waals surface area contributed by atoms with Crippen molar-refractivity contribution in [3.8, 4) is 0 Å². The second-order valence-electron chi connectivity index (χ2n) is 5.81. The third kappa shape index (κ3) is 3.26. The van der Waals surface area contributed by atoms with Crippen LogP contribution in [0.4, 0.5) is 5.69 Å². The molecule has 1 aliphatic rings. The second kappa shape index (κ2) is 5.89. The molecule has 0 radical (unpaired) electrons. The van der Waals surface area contributed by atoms with E-state index in [0.29, 0.717) is 17.1 Å². The number of rotatable bonds is 2. The fraction of sp³-hybridized carbons (Fsp3) is 0.467. The quantitative estimate of drug-likeness (QED) is 0.644. The zero-order chi connectivity index (χ0) is 14.8. The minimum Gasteiger partial charge on any atom is -0.359 e. The van der Waals surface area contributed by atoms with Crippen LogP contribution in [0.5, 0.6) is 0 Å². The van der Waals surface area contributed by atoms with Gasteiger partial charge < -0.3 is 20.6 Å². The highest BCUT2D eigenvalue weighted by molar-refractivity contribution is 7.80. The van der Waals surface area contributed by atoms with Gasteiger partial charge in [0.05, 0.1) is 11.0 Å². The van der Waals surface area contributed by atoms with Gasteiger partial charge in [0.15, 0.2) is 5.11 Å². The van der Waals surface area contributed by atoms with Gasteiger partial charge in [0.2, 0.25) is 0 Å². The molecule has 6 heteroatoms. The summed E-state index contributed by atoms with van der Waals surface area (Å²) in [5.74, 6) is 0.655. The van der Waals surface area contributed by atoms with Gasteiger partial charge in [-0.2, -0.15) is 0 Å². The number of anilines is 1. The molecule has 0 saturated heterocycles. The van der Waals surface area contributed by atoms with Gasteiger partial charge in [-0.15, -0.1) is 0 Å². The van der Waals surface area contributed by atoms with Crippen molar-refractivity contribution in [3.63, 3.8) is 0 Å². The number of aromatic amines is 2. The molecule has 5 nitrogen and oxygen atoms in total. The van der Waals surface area contributed by atoms with Crippen molar-refractivity contribution in [1.82, 2.24) is 15.3 Å². The van der Waals surface area contributed by atoms with Crippen LogP contribution in [-0.4, -0.2) is 21.1 Å². The summed E-state index contributed by atoms with van der Waals surface area (Å²) < 4.78 is 0. The Labute approximate surface area is 128 Å². The molecule has 0 amide bonds. The molecule has 1 aromatic carbocycles. The fourth-order valence-electron chi connectivity index (χ4n) is 2.98. The van der Waals surface area contributed by atoms with E-state index >= 15 is 0 Å². The van der Waals surface area contributed by atoms with Crippen LogP contribution in [0.25, 0.3) is 11.0 Å².